The summed E-state index contributed by atoms with van der Waals surface area (Å²) in [6.07, 6.45) is 2.41. The van der Waals surface area contributed by atoms with Crippen LogP contribution in [-0.2, 0) is 4.79 Å². The first-order chi connectivity index (χ1) is 10.3. The van der Waals surface area contributed by atoms with Gasteiger partial charge >= 0.3 is 0 Å². The minimum absolute atomic E-state index is 0.0499. The van der Waals surface area contributed by atoms with Crippen molar-refractivity contribution in [3.63, 3.8) is 0 Å². The Hall–Kier alpha value is -2.62. The van der Waals surface area contributed by atoms with Gasteiger partial charge in [-0.25, -0.2) is 5.43 Å². The molecule has 21 heavy (non-hydrogen) atoms. The largest absolute Gasteiger partial charge is 0.484 e. The lowest BCUT2D eigenvalue weighted by molar-refractivity contribution is -0.123. The lowest BCUT2D eigenvalue weighted by Crippen LogP contribution is -2.24. The molecular formula is C17H18N2O2. The Labute approximate surface area is 124 Å². The highest BCUT2D eigenvalue weighted by molar-refractivity contribution is 5.78. The molecule has 4 heteroatoms. The number of hydrogen-bond acceptors (Lipinski definition) is 3. The SMILES string of the molecule is CC/C=N/NC(=O)COc1ccc(-c2ccccc2)cc1. The van der Waals surface area contributed by atoms with E-state index in [-0.39, 0.29) is 12.5 Å². The summed E-state index contributed by atoms with van der Waals surface area (Å²) in [5, 5.41) is 3.75. The summed E-state index contributed by atoms with van der Waals surface area (Å²) in [4.78, 5) is 11.4. The first-order valence-electron chi connectivity index (χ1n) is 6.88. The Kier molecular flexibility index (Phi) is 5.52. The van der Waals surface area contributed by atoms with Crippen molar-refractivity contribution in [3.8, 4) is 16.9 Å². The molecule has 2 aromatic rings. The normalized spacial score (nSPS) is 10.5. The van der Waals surface area contributed by atoms with Crippen LogP contribution in [0.3, 0.4) is 0 Å². The fraction of sp³-hybridized carbons (Fsp3) is 0.176. The highest BCUT2D eigenvalue weighted by Gasteiger charge is 2.02. The second kappa shape index (κ2) is 7.85. The minimum atomic E-state index is -0.271. The molecule has 0 bridgehead atoms. The van der Waals surface area contributed by atoms with Crippen LogP contribution < -0.4 is 10.2 Å². The average molecular weight is 282 g/mol. The number of ether oxygens (including phenoxy) is 1. The molecule has 2 rings (SSSR count). The van der Waals surface area contributed by atoms with Crippen molar-refractivity contribution in [1.82, 2.24) is 5.43 Å². The molecule has 0 heterocycles. The maximum Gasteiger partial charge on any atom is 0.277 e. The van der Waals surface area contributed by atoms with Crippen molar-refractivity contribution in [2.24, 2.45) is 5.10 Å². The molecule has 4 nitrogen and oxygen atoms in total. The lowest BCUT2D eigenvalue weighted by Gasteiger charge is -2.06. The molecule has 0 aromatic heterocycles. The Bertz CT molecular complexity index is 592. The topological polar surface area (TPSA) is 50.7 Å². The maximum absolute atomic E-state index is 11.4. The summed E-state index contributed by atoms with van der Waals surface area (Å²) in [5.74, 6) is 0.385. The number of hydrogen-bond donors (Lipinski definition) is 1. The molecule has 1 N–H and O–H groups in total. The van der Waals surface area contributed by atoms with Gasteiger partial charge in [-0.3, -0.25) is 4.79 Å². The van der Waals surface area contributed by atoms with Gasteiger partial charge in [0, 0.05) is 6.21 Å². The van der Waals surface area contributed by atoms with E-state index >= 15 is 0 Å². The first-order valence-corrected chi connectivity index (χ1v) is 6.88. The molecule has 0 saturated heterocycles. The molecule has 108 valence electrons. The summed E-state index contributed by atoms with van der Waals surface area (Å²) >= 11 is 0. The number of carbonyl (C=O) groups is 1. The monoisotopic (exact) mass is 282 g/mol. The fourth-order valence-corrected chi connectivity index (χ4v) is 1.76. The summed E-state index contributed by atoms with van der Waals surface area (Å²) in [6, 6.07) is 17.7. The molecule has 0 unspecified atom stereocenters. The molecule has 0 aliphatic rings. The van der Waals surface area contributed by atoms with Crippen LogP contribution in [0.1, 0.15) is 13.3 Å². The molecule has 0 atom stereocenters. The second-order valence-corrected chi connectivity index (χ2v) is 4.43. The summed E-state index contributed by atoms with van der Waals surface area (Å²) in [7, 11) is 0. The Morgan fingerprint density at radius 1 is 1.10 bits per heavy atom. The predicted octanol–water partition coefficient (Wildman–Crippen LogP) is 3.24. The molecule has 0 spiro atoms. The van der Waals surface area contributed by atoms with Gasteiger partial charge in [-0.15, -0.1) is 0 Å². The van der Waals surface area contributed by atoms with Gasteiger partial charge in [0.15, 0.2) is 6.61 Å². The lowest BCUT2D eigenvalue weighted by atomic mass is 10.1. The van der Waals surface area contributed by atoms with Crippen LogP contribution in [0.15, 0.2) is 59.7 Å². The smallest absolute Gasteiger partial charge is 0.277 e. The molecule has 1 amide bonds. The highest BCUT2D eigenvalue weighted by atomic mass is 16.5. The van der Waals surface area contributed by atoms with Crippen molar-refractivity contribution < 1.29 is 9.53 Å². The Morgan fingerprint density at radius 2 is 1.76 bits per heavy atom. The predicted molar refractivity (Wildman–Crippen MR) is 84.3 cm³/mol. The van der Waals surface area contributed by atoms with Crippen LogP contribution in [0.2, 0.25) is 0 Å². The van der Waals surface area contributed by atoms with Gasteiger partial charge in [0.1, 0.15) is 5.75 Å². The third-order valence-electron chi connectivity index (χ3n) is 2.79. The van der Waals surface area contributed by atoms with Crippen molar-refractivity contribution in [1.29, 1.82) is 0 Å². The van der Waals surface area contributed by atoms with E-state index in [1.165, 1.54) is 0 Å². The van der Waals surface area contributed by atoms with E-state index in [0.717, 1.165) is 17.5 Å². The number of benzene rings is 2. The molecule has 0 fully saturated rings. The van der Waals surface area contributed by atoms with E-state index in [1.54, 1.807) is 6.21 Å². The summed E-state index contributed by atoms with van der Waals surface area (Å²) in [5.41, 5.74) is 4.66. The van der Waals surface area contributed by atoms with Gasteiger partial charge in [-0.2, -0.15) is 5.10 Å². The zero-order chi connectivity index (χ0) is 14.9. The van der Waals surface area contributed by atoms with Gasteiger partial charge in [-0.1, -0.05) is 49.4 Å². The first kappa shape index (κ1) is 14.8. The van der Waals surface area contributed by atoms with Crippen molar-refractivity contribution in [2.45, 2.75) is 13.3 Å². The minimum Gasteiger partial charge on any atom is -0.484 e. The number of amides is 1. The van der Waals surface area contributed by atoms with Gasteiger partial charge in [-0.05, 0) is 29.7 Å². The van der Waals surface area contributed by atoms with E-state index in [4.69, 9.17) is 4.74 Å². The van der Waals surface area contributed by atoms with E-state index in [1.807, 2.05) is 49.4 Å². The number of carbonyl (C=O) groups excluding carboxylic acids is 1. The van der Waals surface area contributed by atoms with Crippen molar-refractivity contribution in [3.05, 3.63) is 54.6 Å². The Balaban J connectivity index is 1.88. The fourth-order valence-electron chi connectivity index (χ4n) is 1.76. The highest BCUT2D eigenvalue weighted by Crippen LogP contribution is 2.21. The molecule has 0 radical (unpaired) electrons. The number of nitrogens with zero attached hydrogens (tertiary/aromatic N) is 1. The zero-order valence-electron chi connectivity index (χ0n) is 12.0. The number of hydrazone groups is 1. The number of nitrogens with one attached hydrogen (secondary N) is 1. The van der Waals surface area contributed by atoms with Gasteiger partial charge in [0.25, 0.3) is 5.91 Å². The third kappa shape index (κ3) is 4.76. The average Bonchev–Trinajstić information content (AvgIpc) is 2.54. The van der Waals surface area contributed by atoms with Crippen LogP contribution >= 0.6 is 0 Å². The van der Waals surface area contributed by atoms with Crippen LogP contribution in [0.4, 0.5) is 0 Å². The van der Waals surface area contributed by atoms with E-state index in [2.05, 4.69) is 22.7 Å². The van der Waals surface area contributed by atoms with Crippen molar-refractivity contribution in [2.75, 3.05) is 6.61 Å². The molecular weight excluding hydrogens is 264 g/mol. The van der Waals surface area contributed by atoms with Crippen LogP contribution in [0, 0.1) is 0 Å². The van der Waals surface area contributed by atoms with E-state index < -0.39 is 0 Å². The molecule has 0 aliphatic heterocycles. The molecule has 0 aliphatic carbocycles. The molecule has 2 aromatic carbocycles. The quantitative estimate of drug-likeness (QED) is 0.653. The summed E-state index contributed by atoms with van der Waals surface area (Å²) in [6.45, 7) is 1.90. The van der Waals surface area contributed by atoms with Crippen molar-refractivity contribution >= 4 is 12.1 Å². The standard InChI is InChI=1S/C17H18N2O2/c1-2-12-18-19-17(20)13-21-16-10-8-15(9-11-16)14-6-4-3-5-7-14/h3-12H,2,13H2,1H3,(H,19,20)/b18-12+. The molecule has 0 saturated carbocycles. The van der Waals surface area contributed by atoms with Gasteiger partial charge < -0.3 is 4.74 Å². The van der Waals surface area contributed by atoms with Crippen LogP contribution in [-0.4, -0.2) is 18.7 Å². The van der Waals surface area contributed by atoms with Gasteiger partial charge in [0.05, 0.1) is 0 Å². The number of rotatable bonds is 6. The summed E-state index contributed by atoms with van der Waals surface area (Å²) < 4.78 is 5.40. The maximum atomic E-state index is 11.4. The Morgan fingerprint density at radius 3 is 2.43 bits per heavy atom. The van der Waals surface area contributed by atoms with Crippen LogP contribution in [0.25, 0.3) is 11.1 Å². The van der Waals surface area contributed by atoms with Crippen LogP contribution in [0.5, 0.6) is 5.75 Å². The third-order valence-corrected chi connectivity index (χ3v) is 2.79. The van der Waals surface area contributed by atoms with Gasteiger partial charge in [0.2, 0.25) is 0 Å². The van der Waals surface area contributed by atoms with E-state index in [0.29, 0.717) is 5.75 Å². The second-order valence-electron chi connectivity index (χ2n) is 4.43. The zero-order valence-corrected chi connectivity index (χ0v) is 12.0. The van der Waals surface area contributed by atoms with E-state index in [9.17, 15) is 4.79 Å².